The minimum atomic E-state index is 0.172. The first-order valence-electron chi connectivity index (χ1n) is 6.69. The first-order chi connectivity index (χ1) is 9.19. The van der Waals surface area contributed by atoms with E-state index in [0.717, 1.165) is 30.5 Å². The third-order valence-electron chi connectivity index (χ3n) is 2.98. The quantitative estimate of drug-likeness (QED) is 0.541. The Morgan fingerprint density at radius 3 is 2.79 bits per heavy atom. The molecule has 0 aromatic heterocycles. The van der Waals surface area contributed by atoms with Crippen molar-refractivity contribution in [2.45, 2.75) is 26.2 Å². The molecule has 1 aromatic carbocycles. The lowest BCUT2D eigenvalue weighted by atomic mass is 10.1. The zero-order chi connectivity index (χ0) is 14.1. The van der Waals surface area contributed by atoms with Gasteiger partial charge in [-0.15, -0.1) is 0 Å². The van der Waals surface area contributed by atoms with E-state index in [2.05, 4.69) is 28.9 Å². The summed E-state index contributed by atoms with van der Waals surface area (Å²) in [5, 5.41) is 0.719. The number of para-hydroxylation sites is 1. The molecule has 1 rings (SSSR count). The average molecular weight is 328 g/mol. The molecule has 0 heterocycles. The fourth-order valence-corrected chi connectivity index (χ4v) is 2.16. The van der Waals surface area contributed by atoms with Gasteiger partial charge in [-0.05, 0) is 24.5 Å². The Labute approximate surface area is 124 Å². The molecule has 0 atom stereocenters. The fraction of sp³-hybridized carbons (Fsp3) is 0.533. The maximum atomic E-state index is 11.6. The van der Waals surface area contributed by atoms with Crippen LogP contribution in [0.3, 0.4) is 0 Å². The number of rotatable bonds is 8. The second-order valence-corrected chi connectivity index (χ2v) is 5.21. The molecule has 0 N–H and O–H groups in total. The van der Waals surface area contributed by atoms with Gasteiger partial charge in [-0.25, -0.2) is 0 Å². The van der Waals surface area contributed by atoms with E-state index in [1.807, 2.05) is 25.2 Å². The lowest BCUT2D eigenvalue weighted by molar-refractivity contribution is -0.129. The Morgan fingerprint density at radius 1 is 1.37 bits per heavy atom. The number of nitrogens with zero attached hydrogens (tertiary/aromatic N) is 1. The third kappa shape index (κ3) is 5.64. The molecule has 0 saturated carbocycles. The fourth-order valence-electron chi connectivity index (χ4n) is 1.82. The van der Waals surface area contributed by atoms with Crippen molar-refractivity contribution in [2.75, 3.05) is 25.5 Å². The highest BCUT2D eigenvalue weighted by molar-refractivity contribution is 9.09. The summed E-state index contributed by atoms with van der Waals surface area (Å²) in [7, 11) is 1.84. The summed E-state index contributed by atoms with van der Waals surface area (Å²) in [6, 6.07) is 8.10. The van der Waals surface area contributed by atoms with Crippen LogP contribution in [0.1, 0.15) is 25.3 Å². The largest absolute Gasteiger partial charge is 0.493 e. The van der Waals surface area contributed by atoms with E-state index in [9.17, 15) is 4.79 Å². The van der Waals surface area contributed by atoms with Crippen molar-refractivity contribution in [3.05, 3.63) is 29.8 Å². The maximum Gasteiger partial charge on any atom is 0.223 e. The molecule has 19 heavy (non-hydrogen) atoms. The van der Waals surface area contributed by atoms with E-state index < -0.39 is 0 Å². The normalized spacial score (nSPS) is 10.3. The first-order valence-corrected chi connectivity index (χ1v) is 7.81. The summed E-state index contributed by atoms with van der Waals surface area (Å²) in [5.41, 5.74) is 1.23. The number of aryl methyl sites for hydroxylation is 1. The van der Waals surface area contributed by atoms with Gasteiger partial charge in [0.05, 0.1) is 6.61 Å². The molecule has 0 unspecified atom stereocenters. The number of amides is 1. The SMILES string of the molecule is CCc1ccccc1OCCCN(C)C(=O)CCBr. The Hall–Kier alpha value is -1.03. The van der Waals surface area contributed by atoms with E-state index in [-0.39, 0.29) is 5.91 Å². The predicted molar refractivity (Wildman–Crippen MR) is 82.0 cm³/mol. The second-order valence-electron chi connectivity index (χ2n) is 4.42. The molecule has 0 aliphatic rings. The minimum absolute atomic E-state index is 0.172. The molecule has 1 amide bonds. The third-order valence-corrected chi connectivity index (χ3v) is 3.38. The summed E-state index contributed by atoms with van der Waals surface area (Å²) < 4.78 is 5.77. The number of ether oxygens (including phenoxy) is 1. The molecule has 4 heteroatoms. The zero-order valence-corrected chi connectivity index (χ0v) is 13.3. The summed E-state index contributed by atoms with van der Waals surface area (Å²) in [4.78, 5) is 13.3. The minimum Gasteiger partial charge on any atom is -0.493 e. The maximum absolute atomic E-state index is 11.6. The number of alkyl halides is 1. The number of benzene rings is 1. The molecule has 0 aliphatic carbocycles. The standard InChI is InChI=1S/C15H22BrNO2/c1-3-13-7-4-5-8-14(13)19-12-6-11-17(2)15(18)9-10-16/h4-5,7-8H,3,6,9-12H2,1-2H3. The van der Waals surface area contributed by atoms with E-state index >= 15 is 0 Å². The van der Waals surface area contributed by atoms with Gasteiger partial charge in [-0.1, -0.05) is 41.1 Å². The summed E-state index contributed by atoms with van der Waals surface area (Å²) in [6.07, 6.45) is 2.37. The topological polar surface area (TPSA) is 29.5 Å². The van der Waals surface area contributed by atoms with Crippen LogP contribution in [0.25, 0.3) is 0 Å². The molecular weight excluding hydrogens is 306 g/mol. The molecule has 0 fully saturated rings. The van der Waals surface area contributed by atoms with Gasteiger partial charge >= 0.3 is 0 Å². The zero-order valence-electron chi connectivity index (χ0n) is 11.7. The van der Waals surface area contributed by atoms with Crippen molar-refractivity contribution in [1.82, 2.24) is 4.90 Å². The van der Waals surface area contributed by atoms with Crippen LogP contribution in [-0.2, 0) is 11.2 Å². The molecule has 3 nitrogen and oxygen atoms in total. The highest BCUT2D eigenvalue weighted by Crippen LogP contribution is 2.18. The van der Waals surface area contributed by atoms with Crippen LogP contribution >= 0.6 is 15.9 Å². The lowest BCUT2D eigenvalue weighted by Gasteiger charge is -2.17. The molecule has 0 radical (unpaired) electrons. The highest BCUT2D eigenvalue weighted by Gasteiger charge is 2.07. The Kier molecular flexibility index (Phi) is 7.56. The molecule has 0 spiro atoms. The number of hydrogen-bond donors (Lipinski definition) is 0. The molecule has 0 saturated heterocycles. The lowest BCUT2D eigenvalue weighted by Crippen LogP contribution is -2.28. The van der Waals surface area contributed by atoms with Crippen molar-refractivity contribution < 1.29 is 9.53 Å². The van der Waals surface area contributed by atoms with Crippen molar-refractivity contribution in [2.24, 2.45) is 0 Å². The smallest absolute Gasteiger partial charge is 0.223 e. The summed E-state index contributed by atoms with van der Waals surface area (Å²) in [5.74, 6) is 1.13. The van der Waals surface area contributed by atoms with Crippen molar-refractivity contribution in [3.63, 3.8) is 0 Å². The van der Waals surface area contributed by atoms with Gasteiger partial charge in [0.2, 0.25) is 5.91 Å². The molecule has 106 valence electrons. The van der Waals surface area contributed by atoms with Crippen LogP contribution < -0.4 is 4.74 Å². The first kappa shape index (κ1) is 16.0. The number of halogens is 1. The Bertz CT molecular complexity index is 395. The van der Waals surface area contributed by atoms with Crippen molar-refractivity contribution >= 4 is 21.8 Å². The van der Waals surface area contributed by atoms with Crippen molar-refractivity contribution in [3.8, 4) is 5.75 Å². The summed E-state index contributed by atoms with van der Waals surface area (Å²) in [6.45, 7) is 3.50. The van der Waals surface area contributed by atoms with Gasteiger partial charge in [-0.2, -0.15) is 0 Å². The van der Waals surface area contributed by atoms with E-state index in [1.165, 1.54) is 5.56 Å². The average Bonchev–Trinajstić information content (AvgIpc) is 2.44. The van der Waals surface area contributed by atoms with Crippen LogP contribution in [0.4, 0.5) is 0 Å². The van der Waals surface area contributed by atoms with E-state index in [0.29, 0.717) is 13.0 Å². The van der Waals surface area contributed by atoms with Gasteiger partial charge in [0.25, 0.3) is 0 Å². The van der Waals surface area contributed by atoms with Gasteiger partial charge in [0, 0.05) is 25.3 Å². The Balaban J connectivity index is 2.29. The van der Waals surface area contributed by atoms with E-state index in [1.54, 1.807) is 4.90 Å². The molecule has 0 bridgehead atoms. The molecule has 0 aliphatic heterocycles. The van der Waals surface area contributed by atoms with Crippen LogP contribution in [0, 0.1) is 0 Å². The van der Waals surface area contributed by atoms with Gasteiger partial charge in [-0.3, -0.25) is 4.79 Å². The Morgan fingerprint density at radius 2 is 2.11 bits per heavy atom. The van der Waals surface area contributed by atoms with Crippen LogP contribution in [0.15, 0.2) is 24.3 Å². The van der Waals surface area contributed by atoms with Crippen LogP contribution in [0.5, 0.6) is 5.75 Å². The second kappa shape index (κ2) is 8.97. The molecular formula is C15H22BrNO2. The number of hydrogen-bond acceptors (Lipinski definition) is 2. The highest BCUT2D eigenvalue weighted by atomic mass is 79.9. The number of carbonyl (C=O) groups excluding carboxylic acids is 1. The predicted octanol–water partition coefficient (Wildman–Crippen LogP) is 3.26. The van der Waals surface area contributed by atoms with Crippen molar-refractivity contribution in [1.29, 1.82) is 0 Å². The van der Waals surface area contributed by atoms with Gasteiger partial charge < -0.3 is 9.64 Å². The molecule has 1 aromatic rings. The number of carbonyl (C=O) groups is 1. The van der Waals surface area contributed by atoms with Gasteiger partial charge in [0.1, 0.15) is 5.75 Å². The van der Waals surface area contributed by atoms with E-state index in [4.69, 9.17) is 4.74 Å². The van der Waals surface area contributed by atoms with Gasteiger partial charge in [0.15, 0.2) is 0 Å². The monoisotopic (exact) mass is 327 g/mol. The van der Waals surface area contributed by atoms with Crippen LogP contribution in [0.2, 0.25) is 0 Å². The summed E-state index contributed by atoms with van der Waals surface area (Å²) >= 11 is 3.27. The van der Waals surface area contributed by atoms with Crippen LogP contribution in [-0.4, -0.2) is 36.3 Å².